The molecule has 0 spiro atoms. The van der Waals surface area contributed by atoms with Crippen molar-refractivity contribution < 1.29 is 4.92 Å². The Balaban J connectivity index is 1.97. The fourth-order valence-corrected chi connectivity index (χ4v) is 1.72. The van der Waals surface area contributed by atoms with Crippen LogP contribution in [-0.4, -0.2) is 15.1 Å². The maximum absolute atomic E-state index is 10.8. The van der Waals surface area contributed by atoms with Crippen molar-refractivity contribution in [2.45, 2.75) is 20.0 Å². The predicted molar refractivity (Wildman–Crippen MR) is 70.4 cm³/mol. The second-order valence-corrected chi connectivity index (χ2v) is 4.20. The van der Waals surface area contributed by atoms with Gasteiger partial charge in [0.05, 0.1) is 10.6 Å². The number of benzene rings is 1. The number of nitro groups is 1. The van der Waals surface area contributed by atoms with Gasteiger partial charge in [-0.1, -0.05) is 12.1 Å². The number of nitrogens with one attached hydrogen (secondary N) is 1. The molecule has 19 heavy (non-hydrogen) atoms. The van der Waals surface area contributed by atoms with Crippen LogP contribution in [0.4, 0.5) is 5.69 Å². The van der Waals surface area contributed by atoms with Crippen molar-refractivity contribution in [2.24, 2.45) is 0 Å². The third-order valence-corrected chi connectivity index (χ3v) is 2.73. The molecule has 0 saturated heterocycles. The largest absolute Gasteiger partial charge is 0.307 e. The number of rotatable bonds is 5. The monoisotopic (exact) mass is 258 g/mol. The normalized spacial score (nSPS) is 10.4. The van der Waals surface area contributed by atoms with Crippen molar-refractivity contribution in [1.82, 2.24) is 15.5 Å². The van der Waals surface area contributed by atoms with Gasteiger partial charge in [0, 0.05) is 30.9 Å². The molecule has 0 amide bonds. The average molecular weight is 258 g/mol. The second-order valence-electron chi connectivity index (χ2n) is 4.20. The number of nitro benzene ring substituents is 1. The van der Waals surface area contributed by atoms with Gasteiger partial charge >= 0.3 is 0 Å². The SMILES string of the molecule is Cc1ccc(CNCc2cccnn2)cc1[N+](=O)[O-]. The third kappa shape index (κ3) is 3.56. The fraction of sp³-hybridized carbons (Fsp3) is 0.231. The van der Waals surface area contributed by atoms with E-state index in [1.807, 2.05) is 18.2 Å². The molecule has 0 radical (unpaired) electrons. The molecule has 0 aliphatic carbocycles. The number of nitrogens with zero attached hydrogens (tertiary/aromatic N) is 3. The highest BCUT2D eigenvalue weighted by Gasteiger charge is 2.10. The van der Waals surface area contributed by atoms with E-state index in [0.29, 0.717) is 18.7 Å². The summed E-state index contributed by atoms with van der Waals surface area (Å²) in [6.07, 6.45) is 1.62. The van der Waals surface area contributed by atoms with Gasteiger partial charge in [0.25, 0.3) is 5.69 Å². The zero-order valence-electron chi connectivity index (χ0n) is 10.5. The van der Waals surface area contributed by atoms with Gasteiger partial charge in [-0.15, -0.1) is 0 Å². The molecular weight excluding hydrogens is 244 g/mol. The number of hydrogen-bond donors (Lipinski definition) is 1. The average Bonchev–Trinajstić information content (AvgIpc) is 2.41. The molecule has 6 nitrogen and oxygen atoms in total. The summed E-state index contributed by atoms with van der Waals surface area (Å²) < 4.78 is 0. The Kier molecular flexibility index (Phi) is 4.15. The van der Waals surface area contributed by atoms with Crippen LogP contribution in [0.15, 0.2) is 36.5 Å². The van der Waals surface area contributed by atoms with Crippen molar-refractivity contribution in [3.63, 3.8) is 0 Å². The highest BCUT2D eigenvalue weighted by atomic mass is 16.6. The lowest BCUT2D eigenvalue weighted by molar-refractivity contribution is -0.385. The minimum absolute atomic E-state index is 0.152. The summed E-state index contributed by atoms with van der Waals surface area (Å²) in [6.45, 7) is 2.86. The molecule has 2 aromatic rings. The van der Waals surface area contributed by atoms with E-state index in [-0.39, 0.29) is 10.6 Å². The Morgan fingerprint density at radius 3 is 2.84 bits per heavy atom. The van der Waals surface area contributed by atoms with E-state index in [9.17, 15) is 10.1 Å². The van der Waals surface area contributed by atoms with E-state index in [0.717, 1.165) is 11.3 Å². The van der Waals surface area contributed by atoms with Crippen molar-refractivity contribution in [2.75, 3.05) is 0 Å². The fourth-order valence-electron chi connectivity index (χ4n) is 1.72. The Labute approximate surface area is 110 Å². The maximum Gasteiger partial charge on any atom is 0.272 e. The van der Waals surface area contributed by atoms with Crippen LogP contribution < -0.4 is 5.32 Å². The lowest BCUT2D eigenvalue weighted by Crippen LogP contribution is -2.14. The minimum Gasteiger partial charge on any atom is -0.307 e. The summed E-state index contributed by atoms with van der Waals surface area (Å²) in [5, 5.41) is 21.7. The molecule has 98 valence electrons. The van der Waals surface area contributed by atoms with E-state index in [2.05, 4.69) is 15.5 Å². The van der Waals surface area contributed by atoms with Gasteiger partial charge < -0.3 is 5.32 Å². The molecule has 0 saturated carbocycles. The first-order chi connectivity index (χ1) is 9.16. The van der Waals surface area contributed by atoms with Gasteiger partial charge in [0.15, 0.2) is 0 Å². The quantitative estimate of drug-likeness (QED) is 0.655. The summed E-state index contributed by atoms with van der Waals surface area (Å²) in [5.41, 5.74) is 2.53. The van der Waals surface area contributed by atoms with E-state index in [4.69, 9.17) is 0 Å². The molecule has 1 heterocycles. The van der Waals surface area contributed by atoms with E-state index in [1.54, 1.807) is 25.3 Å². The van der Waals surface area contributed by atoms with Gasteiger partial charge in [0.2, 0.25) is 0 Å². The molecule has 1 N–H and O–H groups in total. The van der Waals surface area contributed by atoms with Gasteiger partial charge in [0.1, 0.15) is 0 Å². The van der Waals surface area contributed by atoms with Crippen LogP contribution in [0.5, 0.6) is 0 Å². The Morgan fingerprint density at radius 2 is 2.16 bits per heavy atom. The zero-order chi connectivity index (χ0) is 13.7. The van der Waals surface area contributed by atoms with Crippen molar-refractivity contribution in [3.8, 4) is 0 Å². The van der Waals surface area contributed by atoms with Gasteiger partial charge in [-0.25, -0.2) is 0 Å². The van der Waals surface area contributed by atoms with Crippen molar-refractivity contribution in [3.05, 3.63) is 63.5 Å². The summed E-state index contributed by atoms with van der Waals surface area (Å²) in [4.78, 5) is 10.5. The highest BCUT2D eigenvalue weighted by Crippen LogP contribution is 2.19. The first kappa shape index (κ1) is 13.1. The molecule has 1 aromatic heterocycles. The highest BCUT2D eigenvalue weighted by molar-refractivity contribution is 5.42. The van der Waals surface area contributed by atoms with Crippen LogP contribution in [0.25, 0.3) is 0 Å². The Morgan fingerprint density at radius 1 is 1.32 bits per heavy atom. The van der Waals surface area contributed by atoms with Crippen molar-refractivity contribution in [1.29, 1.82) is 0 Å². The van der Waals surface area contributed by atoms with Gasteiger partial charge in [-0.05, 0) is 24.6 Å². The molecule has 0 bridgehead atoms. The first-order valence-corrected chi connectivity index (χ1v) is 5.88. The van der Waals surface area contributed by atoms with Gasteiger partial charge in [-0.3, -0.25) is 10.1 Å². The van der Waals surface area contributed by atoms with E-state index >= 15 is 0 Å². The van der Waals surface area contributed by atoms with Crippen LogP contribution in [0.3, 0.4) is 0 Å². The third-order valence-electron chi connectivity index (χ3n) is 2.73. The molecule has 1 aromatic carbocycles. The first-order valence-electron chi connectivity index (χ1n) is 5.88. The van der Waals surface area contributed by atoms with Crippen LogP contribution >= 0.6 is 0 Å². The summed E-state index contributed by atoms with van der Waals surface area (Å²) in [7, 11) is 0. The standard InChI is InChI=1S/C13H14N4O2/c1-10-4-5-11(7-13(10)17(18)19)8-14-9-12-3-2-6-15-16-12/h2-7,14H,8-9H2,1H3. The molecular formula is C13H14N4O2. The number of hydrogen-bond acceptors (Lipinski definition) is 5. The van der Waals surface area contributed by atoms with Crippen LogP contribution in [0, 0.1) is 17.0 Å². The van der Waals surface area contributed by atoms with E-state index in [1.165, 1.54) is 0 Å². The number of aryl methyl sites for hydroxylation is 1. The van der Waals surface area contributed by atoms with Gasteiger partial charge in [-0.2, -0.15) is 10.2 Å². The van der Waals surface area contributed by atoms with E-state index < -0.39 is 0 Å². The molecule has 2 rings (SSSR count). The minimum atomic E-state index is -0.360. The van der Waals surface area contributed by atoms with Crippen LogP contribution in [-0.2, 0) is 13.1 Å². The lowest BCUT2D eigenvalue weighted by atomic mass is 10.1. The molecule has 0 unspecified atom stereocenters. The maximum atomic E-state index is 10.8. The molecule has 0 fully saturated rings. The lowest BCUT2D eigenvalue weighted by Gasteiger charge is -2.05. The predicted octanol–water partition coefficient (Wildman–Crippen LogP) is 1.98. The van der Waals surface area contributed by atoms with Crippen LogP contribution in [0.2, 0.25) is 0 Å². The zero-order valence-corrected chi connectivity index (χ0v) is 10.5. The molecule has 0 atom stereocenters. The summed E-state index contributed by atoms with van der Waals surface area (Å²) in [6, 6.07) is 8.93. The summed E-state index contributed by atoms with van der Waals surface area (Å²) >= 11 is 0. The van der Waals surface area contributed by atoms with Crippen LogP contribution in [0.1, 0.15) is 16.8 Å². The summed E-state index contributed by atoms with van der Waals surface area (Å²) in [5.74, 6) is 0. The Bertz CT molecular complexity index is 572. The molecule has 6 heteroatoms. The molecule has 0 aliphatic rings. The van der Waals surface area contributed by atoms with Crippen molar-refractivity contribution >= 4 is 5.69 Å². The topological polar surface area (TPSA) is 81.0 Å². The molecule has 0 aliphatic heterocycles. The second kappa shape index (κ2) is 6.01. The number of aromatic nitrogens is 2. The Hall–Kier alpha value is -2.34. The smallest absolute Gasteiger partial charge is 0.272 e.